The number of aromatic hydroxyl groups is 1. The Labute approximate surface area is 227 Å². The number of hydrogen-bond donors (Lipinski definition) is 5. The summed E-state index contributed by atoms with van der Waals surface area (Å²) in [7, 11) is -2.06. The number of nitrogens with one attached hydrogen (secondary N) is 4. The number of sulfonamides is 1. The van der Waals surface area contributed by atoms with E-state index in [1.807, 2.05) is 0 Å². The van der Waals surface area contributed by atoms with Gasteiger partial charge >= 0.3 is 0 Å². The second-order valence-electron chi connectivity index (χ2n) is 8.85. The highest BCUT2D eigenvalue weighted by atomic mass is 32.2. The maximum atomic E-state index is 13.9. The van der Waals surface area contributed by atoms with Crippen molar-refractivity contribution < 1.29 is 27.1 Å². The van der Waals surface area contributed by atoms with E-state index < -0.39 is 55.1 Å². The molecule has 0 radical (unpaired) electrons. The number of thioether (sulfide) groups is 1. The normalized spacial score (nSPS) is 15.3. The molecule has 0 bridgehead atoms. The van der Waals surface area contributed by atoms with Gasteiger partial charge in [0.05, 0.1) is 16.9 Å². The van der Waals surface area contributed by atoms with E-state index in [1.165, 1.54) is 22.3 Å². The van der Waals surface area contributed by atoms with Gasteiger partial charge in [0.25, 0.3) is 5.91 Å². The molecule has 1 fully saturated rings. The highest BCUT2D eigenvalue weighted by Crippen LogP contribution is 2.29. The number of H-pyrrole nitrogens is 1. The van der Waals surface area contributed by atoms with Gasteiger partial charge in [-0.2, -0.15) is 0 Å². The lowest BCUT2D eigenvalue weighted by molar-refractivity contribution is 0.0316. The van der Waals surface area contributed by atoms with Gasteiger partial charge in [-0.25, -0.2) is 21.5 Å². The Morgan fingerprint density at radius 3 is 2.54 bits per heavy atom. The number of rotatable bonds is 7. The maximum absolute atomic E-state index is 13.9. The van der Waals surface area contributed by atoms with Gasteiger partial charge in [-0.15, -0.1) is 0 Å². The SMILES string of the molecule is C#CNC1(N(C)C(=O)c2[nH]cc(C(=N)SC(=N)Cc3ccc(F)cc3F)c(=O)c2O)CCN(S(C)(=O)=O)CC1. The van der Waals surface area contributed by atoms with Crippen LogP contribution in [-0.2, 0) is 16.4 Å². The molecule has 0 saturated carbocycles. The minimum atomic E-state index is -3.45. The summed E-state index contributed by atoms with van der Waals surface area (Å²) in [5, 5.41) is 28.9. The van der Waals surface area contributed by atoms with E-state index in [0.29, 0.717) is 17.8 Å². The molecule has 1 amide bonds. The van der Waals surface area contributed by atoms with E-state index in [0.717, 1.165) is 18.5 Å². The zero-order valence-electron chi connectivity index (χ0n) is 21.0. The van der Waals surface area contributed by atoms with E-state index in [9.17, 15) is 31.9 Å². The van der Waals surface area contributed by atoms with Gasteiger partial charge in [0.1, 0.15) is 22.3 Å². The Bertz CT molecular complexity index is 1530. The molecular formula is C24H26F2N6O5S2. The summed E-state index contributed by atoms with van der Waals surface area (Å²) in [5.41, 5.74) is -2.99. The quantitative estimate of drug-likeness (QED) is 0.109. The van der Waals surface area contributed by atoms with Crippen LogP contribution in [0.25, 0.3) is 0 Å². The summed E-state index contributed by atoms with van der Waals surface area (Å²) in [5.74, 6) is -3.40. The van der Waals surface area contributed by atoms with Crippen molar-refractivity contribution in [2.45, 2.75) is 24.9 Å². The molecule has 0 unspecified atom stereocenters. The highest BCUT2D eigenvalue weighted by Gasteiger charge is 2.43. The second kappa shape index (κ2) is 11.6. The molecule has 0 aliphatic carbocycles. The molecule has 15 heteroatoms. The molecule has 1 aromatic carbocycles. The maximum Gasteiger partial charge on any atom is 0.275 e. The van der Waals surface area contributed by atoms with Crippen LogP contribution in [0.1, 0.15) is 34.5 Å². The molecule has 2 heterocycles. The predicted octanol–water partition coefficient (Wildman–Crippen LogP) is 1.64. The van der Waals surface area contributed by atoms with Crippen molar-refractivity contribution in [1.29, 1.82) is 10.8 Å². The van der Waals surface area contributed by atoms with E-state index in [4.69, 9.17) is 17.2 Å². The molecule has 11 nitrogen and oxygen atoms in total. The van der Waals surface area contributed by atoms with Gasteiger partial charge in [0.15, 0.2) is 11.4 Å². The zero-order valence-corrected chi connectivity index (χ0v) is 22.6. The molecule has 208 valence electrons. The van der Waals surface area contributed by atoms with Crippen LogP contribution in [0.3, 0.4) is 0 Å². The Morgan fingerprint density at radius 1 is 1.33 bits per heavy atom. The van der Waals surface area contributed by atoms with Gasteiger partial charge in [0.2, 0.25) is 15.5 Å². The Balaban J connectivity index is 1.78. The first kappa shape index (κ1) is 29.8. The van der Waals surface area contributed by atoms with Crippen molar-refractivity contribution in [2.75, 3.05) is 26.4 Å². The molecule has 39 heavy (non-hydrogen) atoms. The van der Waals surface area contributed by atoms with Crippen LogP contribution in [0.15, 0.2) is 29.2 Å². The van der Waals surface area contributed by atoms with Gasteiger partial charge in [0, 0.05) is 57.7 Å². The van der Waals surface area contributed by atoms with Crippen LogP contribution in [0, 0.1) is 34.9 Å². The van der Waals surface area contributed by atoms with Gasteiger partial charge in [-0.05, 0) is 11.6 Å². The molecule has 1 aliphatic rings. The van der Waals surface area contributed by atoms with Gasteiger partial charge in [-0.1, -0.05) is 24.3 Å². The summed E-state index contributed by atoms with van der Waals surface area (Å²) < 4.78 is 52.0. The molecule has 1 aromatic heterocycles. The number of pyridine rings is 1. The summed E-state index contributed by atoms with van der Waals surface area (Å²) in [6.45, 7) is 0.156. The summed E-state index contributed by atoms with van der Waals surface area (Å²) in [4.78, 5) is 29.8. The van der Waals surface area contributed by atoms with Crippen molar-refractivity contribution in [3.8, 4) is 18.2 Å². The average Bonchev–Trinajstić information content (AvgIpc) is 2.86. The van der Waals surface area contributed by atoms with Crippen molar-refractivity contribution >= 4 is 37.8 Å². The highest BCUT2D eigenvalue weighted by molar-refractivity contribution is 8.26. The topological polar surface area (TPSA) is 171 Å². The van der Waals surface area contributed by atoms with Crippen LogP contribution in [0.5, 0.6) is 5.75 Å². The van der Waals surface area contributed by atoms with E-state index >= 15 is 0 Å². The van der Waals surface area contributed by atoms with Crippen LogP contribution in [-0.4, -0.2) is 75.8 Å². The molecule has 5 N–H and O–H groups in total. The number of aromatic amines is 1. The lowest BCUT2D eigenvalue weighted by atomic mass is 9.95. The third-order valence-corrected chi connectivity index (χ3v) is 8.50. The van der Waals surface area contributed by atoms with Gasteiger partial charge < -0.3 is 20.3 Å². The first-order chi connectivity index (χ1) is 18.2. The molecule has 0 atom stereocenters. The molecule has 0 spiro atoms. The zero-order chi connectivity index (χ0) is 29.1. The Morgan fingerprint density at radius 2 is 1.97 bits per heavy atom. The number of carbonyl (C=O) groups excluding carboxylic acids is 1. The smallest absolute Gasteiger partial charge is 0.275 e. The number of terminal acetylenes is 1. The fraction of sp³-hybridized carbons (Fsp3) is 0.333. The third kappa shape index (κ3) is 6.47. The summed E-state index contributed by atoms with van der Waals surface area (Å²) in [6.07, 6.45) is 7.55. The minimum Gasteiger partial charge on any atom is -0.503 e. The van der Waals surface area contributed by atoms with Gasteiger partial charge in [-0.3, -0.25) is 20.4 Å². The van der Waals surface area contributed by atoms with Crippen molar-refractivity contribution in [2.24, 2.45) is 0 Å². The number of halogens is 2. The van der Waals surface area contributed by atoms with E-state index in [2.05, 4.69) is 16.3 Å². The standard InChI is InChI=1S/C24H26F2N6O5S2/c1-4-30-24(7-9-32(10-8-24)39(3,36)37)31(2)23(35)19-21(34)20(33)16(13-29-19)22(28)38-18(27)11-14-5-6-15(25)12-17(14)26/h1,5-6,12-13,27-28,30,34H,7-11H2,2-3H3,(H,29,33). The van der Waals surface area contributed by atoms with Crippen LogP contribution in [0.4, 0.5) is 8.78 Å². The molecular weight excluding hydrogens is 554 g/mol. The number of aromatic nitrogens is 1. The lowest BCUT2D eigenvalue weighted by Gasteiger charge is -2.46. The van der Waals surface area contributed by atoms with Crippen LogP contribution >= 0.6 is 11.8 Å². The van der Waals surface area contributed by atoms with Crippen molar-refractivity contribution in [1.82, 2.24) is 19.5 Å². The third-order valence-electron chi connectivity index (χ3n) is 6.38. The lowest BCUT2D eigenvalue weighted by Crippen LogP contribution is -2.63. The Hall–Kier alpha value is -3.74. The summed E-state index contributed by atoms with van der Waals surface area (Å²) in [6, 6.07) is 5.15. The molecule has 3 rings (SSSR count). The van der Waals surface area contributed by atoms with Crippen LogP contribution in [0.2, 0.25) is 0 Å². The van der Waals surface area contributed by atoms with E-state index in [-0.39, 0.29) is 48.5 Å². The fourth-order valence-corrected chi connectivity index (χ4v) is 5.71. The minimum absolute atomic E-state index is 0.0271. The molecule has 1 saturated heterocycles. The first-order valence-corrected chi connectivity index (χ1v) is 14.1. The number of carbonyl (C=O) groups is 1. The number of piperidine rings is 1. The van der Waals surface area contributed by atoms with E-state index in [1.54, 1.807) is 0 Å². The molecule has 1 aliphatic heterocycles. The second-order valence-corrected chi connectivity index (χ2v) is 11.9. The monoisotopic (exact) mass is 580 g/mol. The largest absolute Gasteiger partial charge is 0.503 e. The number of amides is 1. The Kier molecular flexibility index (Phi) is 8.84. The average molecular weight is 581 g/mol. The van der Waals surface area contributed by atoms with Crippen molar-refractivity contribution in [3.05, 3.63) is 63.1 Å². The molecule has 2 aromatic rings. The number of hydrogen-bond acceptors (Lipinski definition) is 9. The fourth-order valence-electron chi connectivity index (χ4n) is 4.13. The summed E-state index contributed by atoms with van der Waals surface area (Å²) >= 11 is 0.529. The first-order valence-electron chi connectivity index (χ1n) is 11.4. The predicted molar refractivity (Wildman–Crippen MR) is 143 cm³/mol. The number of nitrogens with zero attached hydrogens (tertiary/aromatic N) is 2. The van der Waals surface area contributed by atoms with Crippen LogP contribution < -0.4 is 10.7 Å². The number of benzene rings is 1. The van der Waals surface area contributed by atoms with Crippen molar-refractivity contribution in [3.63, 3.8) is 0 Å².